The Morgan fingerprint density at radius 2 is 1.69 bits per heavy atom. The first-order valence-electron chi connectivity index (χ1n) is 4.04. The van der Waals surface area contributed by atoms with Crippen molar-refractivity contribution in [3.63, 3.8) is 0 Å². The minimum absolute atomic E-state index is 0.184. The fraction of sp³-hybridized carbons (Fsp3) is 1.00. The Kier molecular flexibility index (Phi) is 7.39. The van der Waals surface area contributed by atoms with Gasteiger partial charge in [-0.1, -0.05) is 0 Å². The van der Waals surface area contributed by atoms with Gasteiger partial charge in [-0.3, -0.25) is 4.39 Å². The van der Waals surface area contributed by atoms with E-state index in [9.17, 15) is 4.39 Å². The highest BCUT2D eigenvalue weighted by atomic mass is 28.4. The predicted octanol–water partition coefficient (Wildman–Crippen LogP) is 0.851. The number of alkyl halides is 1. The highest BCUT2D eigenvalue weighted by Gasteiger charge is 2.38. The van der Waals surface area contributed by atoms with Crippen LogP contribution >= 0.6 is 0 Å². The molecule has 80 valence electrons. The van der Waals surface area contributed by atoms with E-state index in [1.54, 1.807) is 7.11 Å². The minimum Gasteiger partial charge on any atom is -0.382 e. The van der Waals surface area contributed by atoms with E-state index in [0.717, 1.165) is 0 Å². The molecule has 6 heteroatoms. The van der Waals surface area contributed by atoms with Crippen LogP contribution in [0.4, 0.5) is 4.39 Å². The maximum absolute atomic E-state index is 12.1. The standard InChI is InChI=1S/C7H17FO4Si/c1-9-5-6-12-13(10-2,11-3)7-4-8/h4-7H2,1-3H3. The van der Waals surface area contributed by atoms with Crippen LogP contribution in [0.15, 0.2) is 0 Å². The van der Waals surface area contributed by atoms with Gasteiger partial charge in [-0.2, -0.15) is 0 Å². The van der Waals surface area contributed by atoms with E-state index in [2.05, 4.69) is 0 Å². The van der Waals surface area contributed by atoms with E-state index in [-0.39, 0.29) is 6.04 Å². The van der Waals surface area contributed by atoms with Crippen LogP contribution in [-0.2, 0) is 18.0 Å². The normalized spacial score (nSPS) is 12.0. The summed E-state index contributed by atoms with van der Waals surface area (Å²) >= 11 is 0. The van der Waals surface area contributed by atoms with Crippen molar-refractivity contribution in [3.05, 3.63) is 0 Å². The van der Waals surface area contributed by atoms with Crippen molar-refractivity contribution in [1.82, 2.24) is 0 Å². The molecule has 0 amide bonds. The zero-order chi connectivity index (χ0) is 10.2. The zero-order valence-electron chi connectivity index (χ0n) is 8.34. The maximum atomic E-state index is 12.1. The van der Waals surface area contributed by atoms with Crippen LogP contribution in [0.1, 0.15) is 0 Å². The molecule has 0 saturated heterocycles. The fourth-order valence-corrected chi connectivity index (χ4v) is 2.45. The second-order valence-corrected chi connectivity index (χ2v) is 5.34. The zero-order valence-corrected chi connectivity index (χ0v) is 9.34. The molecule has 0 saturated carbocycles. The molecular weight excluding hydrogens is 195 g/mol. The molecule has 0 aliphatic heterocycles. The molecule has 0 unspecified atom stereocenters. The lowest BCUT2D eigenvalue weighted by Crippen LogP contribution is -2.45. The lowest BCUT2D eigenvalue weighted by Gasteiger charge is -2.25. The Balaban J connectivity index is 3.89. The lowest BCUT2D eigenvalue weighted by molar-refractivity contribution is 0.0649. The fourth-order valence-electron chi connectivity index (χ4n) is 0.874. The minimum atomic E-state index is -2.74. The van der Waals surface area contributed by atoms with Gasteiger partial charge >= 0.3 is 8.80 Å². The number of rotatable bonds is 8. The summed E-state index contributed by atoms with van der Waals surface area (Å²) in [4.78, 5) is 0. The summed E-state index contributed by atoms with van der Waals surface area (Å²) in [6.07, 6.45) is 0. The van der Waals surface area contributed by atoms with Gasteiger partial charge in [0.1, 0.15) is 0 Å². The molecule has 0 fully saturated rings. The van der Waals surface area contributed by atoms with Crippen LogP contribution in [-0.4, -0.2) is 50.0 Å². The average Bonchev–Trinajstić information content (AvgIpc) is 2.17. The predicted molar refractivity (Wildman–Crippen MR) is 48.4 cm³/mol. The monoisotopic (exact) mass is 212 g/mol. The van der Waals surface area contributed by atoms with Gasteiger partial charge in [-0.05, 0) is 0 Å². The first-order chi connectivity index (χ1) is 6.24. The highest BCUT2D eigenvalue weighted by molar-refractivity contribution is 6.60. The van der Waals surface area contributed by atoms with Crippen molar-refractivity contribution in [2.45, 2.75) is 6.04 Å². The van der Waals surface area contributed by atoms with Crippen LogP contribution in [0.5, 0.6) is 0 Å². The molecule has 0 bridgehead atoms. The third-order valence-electron chi connectivity index (χ3n) is 1.63. The maximum Gasteiger partial charge on any atom is 0.503 e. The Bertz CT molecular complexity index is 121. The number of hydrogen-bond acceptors (Lipinski definition) is 4. The summed E-state index contributed by atoms with van der Waals surface area (Å²) in [5, 5.41) is 0. The molecule has 13 heavy (non-hydrogen) atoms. The van der Waals surface area contributed by atoms with Gasteiger partial charge in [0.2, 0.25) is 0 Å². The Hall–Kier alpha value is -0.0131. The van der Waals surface area contributed by atoms with Gasteiger partial charge in [0.25, 0.3) is 0 Å². The summed E-state index contributed by atoms with van der Waals surface area (Å²) in [7, 11) is 1.78. The molecule has 0 aromatic carbocycles. The van der Waals surface area contributed by atoms with Crippen molar-refractivity contribution in [1.29, 1.82) is 0 Å². The summed E-state index contributed by atoms with van der Waals surface area (Å²) in [5.41, 5.74) is 0. The molecular formula is C7H17FO4Si. The van der Waals surface area contributed by atoms with E-state index >= 15 is 0 Å². The van der Waals surface area contributed by atoms with E-state index in [1.165, 1.54) is 14.2 Å². The van der Waals surface area contributed by atoms with Crippen molar-refractivity contribution in [2.24, 2.45) is 0 Å². The van der Waals surface area contributed by atoms with Crippen molar-refractivity contribution < 1.29 is 22.4 Å². The molecule has 0 atom stereocenters. The van der Waals surface area contributed by atoms with Crippen molar-refractivity contribution in [2.75, 3.05) is 41.2 Å². The van der Waals surface area contributed by atoms with E-state index < -0.39 is 15.5 Å². The Morgan fingerprint density at radius 3 is 2.08 bits per heavy atom. The molecule has 0 aromatic heterocycles. The van der Waals surface area contributed by atoms with Crippen molar-refractivity contribution >= 4 is 8.80 Å². The molecule has 0 aliphatic rings. The van der Waals surface area contributed by atoms with E-state index in [4.69, 9.17) is 18.0 Å². The molecule has 0 rings (SSSR count). The van der Waals surface area contributed by atoms with Crippen LogP contribution in [0.25, 0.3) is 0 Å². The molecule has 0 heterocycles. The smallest absolute Gasteiger partial charge is 0.382 e. The molecule has 0 aromatic rings. The van der Waals surface area contributed by atoms with Gasteiger partial charge in [0, 0.05) is 27.4 Å². The first-order valence-corrected chi connectivity index (χ1v) is 5.97. The molecule has 0 spiro atoms. The quantitative estimate of drug-likeness (QED) is 0.441. The van der Waals surface area contributed by atoms with Gasteiger partial charge < -0.3 is 18.0 Å². The van der Waals surface area contributed by atoms with Crippen LogP contribution < -0.4 is 0 Å². The first kappa shape index (κ1) is 13.0. The largest absolute Gasteiger partial charge is 0.503 e. The van der Waals surface area contributed by atoms with Crippen LogP contribution in [0.2, 0.25) is 6.04 Å². The molecule has 4 nitrogen and oxygen atoms in total. The van der Waals surface area contributed by atoms with Gasteiger partial charge in [0.05, 0.1) is 19.9 Å². The van der Waals surface area contributed by atoms with E-state index in [0.29, 0.717) is 13.2 Å². The second-order valence-electron chi connectivity index (χ2n) is 2.37. The topological polar surface area (TPSA) is 36.9 Å². The summed E-state index contributed by atoms with van der Waals surface area (Å²) < 4.78 is 32.4. The summed E-state index contributed by atoms with van der Waals surface area (Å²) in [6.45, 7) is 0.318. The van der Waals surface area contributed by atoms with Crippen molar-refractivity contribution in [3.8, 4) is 0 Å². The van der Waals surface area contributed by atoms with Gasteiger partial charge in [-0.15, -0.1) is 0 Å². The number of halogens is 1. The van der Waals surface area contributed by atoms with Crippen LogP contribution in [0.3, 0.4) is 0 Å². The number of ether oxygens (including phenoxy) is 1. The molecule has 0 N–H and O–H groups in total. The van der Waals surface area contributed by atoms with Gasteiger partial charge in [-0.25, -0.2) is 0 Å². The number of methoxy groups -OCH3 is 1. The lowest BCUT2D eigenvalue weighted by atomic mass is 10.8. The average molecular weight is 212 g/mol. The highest BCUT2D eigenvalue weighted by Crippen LogP contribution is 2.13. The summed E-state index contributed by atoms with van der Waals surface area (Å²) in [5.74, 6) is 0. The third-order valence-corrected chi connectivity index (χ3v) is 4.32. The second kappa shape index (κ2) is 7.40. The third kappa shape index (κ3) is 4.68. The Morgan fingerprint density at radius 1 is 1.08 bits per heavy atom. The molecule has 0 radical (unpaired) electrons. The SMILES string of the molecule is COCCO[Si](CCF)(OC)OC. The Labute approximate surface area is 79.3 Å². The number of hydrogen-bond donors (Lipinski definition) is 0. The van der Waals surface area contributed by atoms with E-state index in [1.807, 2.05) is 0 Å². The molecule has 0 aliphatic carbocycles. The van der Waals surface area contributed by atoms with Gasteiger partial charge in [0.15, 0.2) is 0 Å². The summed E-state index contributed by atoms with van der Waals surface area (Å²) in [6, 6.07) is 0.184. The van der Waals surface area contributed by atoms with Crippen LogP contribution in [0, 0.1) is 0 Å².